The standard InChI is InChI=1S/C22H21N3O3S/c1-17-3-7-20(8-4-17)25(21-11-14-29(27,28)16-21)22(26)15-18-5-9-19(10-6-18)24-13-2-12-23-24/h2-14,21H,15-16H2,1H3/t21-/m1/s1. The summed E-state index contributed by atoms with van der Waals surface area (Å²) in [6, 6.07) is 16.5. The molecule has 0 spiro atoms. The summed E-state index contributed by atoms with van der Waals surface area (Å²) >= 11 is 0. The summed E-state index contributed by atoms with van der Waals surface area (Å²) in [5.74, 6) is -0.238. The number of carbonyl (C=O) groups is 1. The van der Waals surface area contributed by atoms with Crippen LogP contribution in [0.4, 0.5) is 5.69 Å². The van der Waals surface area contributed by atoms with Gasteiger partial charge in [0.1, 0.15) is 0 Å². The SMILES string of the molecule is Cc1ccc(N(C(=O)Cc2ccc(-n3cccn3)cc2)[C@@H]2C=CS(=O)(=O)C2)cc1. The third kappa shape index (κ3) is 4.30. The van der Waals surface area contributed by atoms with Crippen LogP contribution < -0.4 is 4.90 Å². The summed E-state index contributed by atoms with van der Waals surface area (Å²) in [4.78, 5) is 14.8. The van der Waals surface area contributed by atoms with E-state index in [1.54, 1.807) is 21.9 Å². The van der Waals surface area contributed by atoms with E-state index in [0.29, 0.717) is 5.69 Å². The van der Waals surface area contributed by atoms with Crippen LogP contribution >= 0.6 is 0 Å². The fraction of sp³-hybridized carbons (Fsp3) is 0.182. The number of sulfone groups is 1. The summed E-state index contributed by atoms with van der Waals surface area (Å²) in [5, 5.41) is 5.39. The van der Waals surface area contributed by atoms with Gasteiger partial charge in [0.05, 0.1) is 23.9 Å². The van der Waals surface area contributed by atoms with Crippen molar-refractivity contribution in [1.29, 1.82) is 0 Å². The molecule has 29 heavy (non-hydrogen) atoms. The molecule has 0 unspecified atom stereocenters. The van der Waals surface area contributed by atoms with Crippen LogP contribution in [0.25, 0.3) is 5.69 Å². The summed E-state index contributed by atoms with van der Waals surface area (Å²) in [5.41, 5.74) is 3.53. The van der Waals surface area contributed by atoms with Gasteiger partial charge < -0.3 is 4.90 Å². The van der Waals surface area contributed by atoms with Gasteiger partial charge in [0.2, 0.25) is 5.91 Å². The number of benzene rings is 2. The van der Waals surface area contributed by atoms with E-state index in [0.717, 1.165) is 16.8 Å². The van der Waals surface area contributed by atoms with Crippen molar-refractivity contribution in [2.45, 2.75) is 19.4 Å². The van der Waals surface area contributed by atoms with Gasteiger partial charge in [-0.2, -0.15) is 5.10 Å². The zero-order valence-electron chi connectivity index (χ0n) is 16.0. The van der Waals surface area contributed by atoms with Gasteiger partial charge in [-0.1, -0.05) is 29.8 Å². The molecule has 4 rings (SSSR count). The number of amides is 1. The summed E-state index contributed by atoms with van der Waals surface area (Å²) in [6.45, 7) is 1.97. The maximum Gasteiger partial charge on any atom is 0.231 e. The Hall–Kier alpha value is -3.19. The number of rotatable bonds is 5. The van der Waals surface area contributed by atoms with Crippen molar-refractivity contribution in [3.05, 3.63) is 89.6 Å². The summed E-state index contributed by atoms with van der Waals surface area (Å²) in [7, 11) is -3.28. The van der Waals surface area contributed by atoms with Crippen LogP contribution in [0.1, 0.15) is 11.1 Å². The lowest BCUT2D eigenvalue weighted by molar-refractivity contribution is -0.118. The molecule has 1 aliphatic rings. The van der Waals surface area contributed by atoms with Crippen LogP contribution in [0, 0.1) is 6.92 Å². The van der Waals surface area contributed by atoms with Gasteiger partial charge in [0.15, 0.2) is 9.84 Å². The molecule has 0 saturated carbocycles. The zero-order chi connectivity index (χ0) is 20.4. The molecule has 0 fully saturated rings. The van der Waals surface area contributed by atoms with Crippen LogP contribution in [-0.2, 0) is 21.1 Å². The Labute approximate surface area is 170 Å². The molecule has 0 N–H and O–H groups in total. The van der Waals surface area contributed by atoms with Crippen LogP contribution in [0.5, 0.6) is 0 Å². The number of anilines is 1. The van der Waals surface area contributed by atoms with Crippen molar-refractivity contribution in [1.82, 2.24) is 9.78 Å². The van der Waals surface area contributed by atoms with E-state index >= 15 is 0 Å². The molecular formula is C22H21N3O3S. The Balaban J connectivity index is 1.58. The Morgan fingerprint density at radius 3 is 2.45 bits per heavy atom. The third-order valence-corrected chi connectivity index (χ3v) is 6.26. The number of nitrogens with zero attached hydrogens (tertiary/aromatic N) is 3. The molecule has 3 aromatic rings. The Morgan fingerprint density at radius 1 is 1.14 bits per heavy atom. The van der Waals surface area contributed by atoms with E-state index < -0.39 is 15.9 Å². The molecule has 0 radical (unpaired) electrons. The van der Waals surface area contributed by atoms with Gasteiger partial charge in [0, 0.05) is 23.5 Å². The molecule has 2 heterocycles. The first-order chi connectivity index (χ1) is 13.9. The molecular weight excluding hydrogens is 386 g/mol. The first-order valence-electron chi connectivity index (χ1n) is 9.30. The molecule has 1 amide bonds. The van der Waals surface area contributed by atoms with Gasteiger partial charge in [-0.05, 0) is 48.9 Å². The van der Waals surface area contributed by atoms with Crippen LogP contribution in [0.2, 0.25) is 0 Å². The second-order valence-electron chi connectivity index (χ2n) is 7.12. The van der Waals surface area contributed by atoms with Crippen molar-refractivity contribution < 1.29 is 13.2 Å². The lowest BCUT2D eigenvalue weighted by Crippen LogP contribution is -2.42. The molecule has 148 valence electrons. The van der Waals surface area contributed by atoms with E-state index in [2.05, 4.69) is 5.10 Å². The van der Waals surface area contributed by atoms with Crippen LogP contribution in [-0.4, -0.2) is 35.9 Å². The average Bonchev–Trinajstić information content (AvgIpc) is 3.34. The highest BCUT2D eigenvalue weighted by Crippen LogP contribution is 2.24. The summed E-state index contributed by atoms with van der Waals surface area (Å²) < 4.78 is 25.6. The fourth-order valence-corrected chi connectivity index (χ4v) is 4.66. The third-order valence-electron chi connectivity index (χ3n) is 4.88. The summed E-state index contributed by atoms with van der Waals surface area (Å²) in [6.07, 6.45) is 5.33. The lowest BCUT2D eigenvalue weighted by atomic mass is 10.1. The normalized spacial score (nSPS) is 17.3. The van der Waals surface area contributed by atoms with Gasteiger partial charge in [-0.15, -0.1) is 0 Å². The Bertz CT molecular complexity index is 1130. The average molecular weight is 407 g/mol. The first kappa shape index (κ1) is 19.1. The quantitative estimate of drug-likeness (QED) is 0.652. The number of aryl methyl sites for hydroxylation is 1. The van der Waals surface area contributed by atoms with E-state index in [1.165, 1.54) is 5.41 Å². The first-order valence-corrected chi connectivity index (χ1v) is 11.0. The van der Waals surface area contributed by atoms with Crippen molar-refractivity contribution >= 4 is 21.4 Å². The monoisotopic (exact) mass is 407 g/mol. The zero-order valence-corrected chi connectivity index (χ0v) is 16.8. The van der Waals surface area contributed by atoms with Crippen molar-refractivity contribution in [2.75, 3.05) is 10.7 Å². The molecule has 1 atom stereocenters. The van der Waals surface area contributed by atoms with E-state index in [9.17, 15) is 13.2 Å². The number of hydrogen-bond donors (Lipinski definition) is 0. The van der Waals surface area contributed by atoms with E-state index in [-0.39, 0.29) is 18.1 Å². The highest BCUT2D eigenvalue weighted by atomic mass is 32.2. The minimum absolute atomic E-state index is 0.0924. The number of carbonyl (C=O) groups excluding carboxylic acids is 1. The predicted molar refractivity (Wildman–Crippen MR) is 113 cm³/mol. The van der Waals surface area contributed by atoms with Gasteiger partial charge >= 0.3 is 0 Å². The molecule has 1 aromatic heterocycles. The largest absolute Gasteiger partial charge is 0.304 e. The van der Waals surface area contributed by atoms with Crippen LogP contribution in [0.15, 0.2) is 78.5 Å². The maximum absolute atomic E-state index is 13.2. The maximum atomic E-state index is 13.2. The highest BCUT2D eigenvalue weighted by Gasteiger charge is 2.31. The minimum atomic E-state index is -3.28. The van der Waals surface area contributed by atoms with Crippen molar-refractivity contribution in [2.24, 2.45) is 0 Å². The number of aromatic nitrogens is 2. The van der Waals surface area contributed by atoms with Gasteiger partial charge in [-0.25, -0.2) is 13.1 Å². The topological polar surface area (TPSA) is 72.3 Å². The molecule has 0 aliphatic carbocycles. The van der Waals surface area contributed by atoms with Gasteiger partial charge in [-0.3, -0.25) is 4.79 Å². The van der Waals surface area contributed by atoms with Gasteiger partial charge in [0.25, 0.3) is 0 Å². The molecule has 0 bridgehead atoms. The molecule has 7 heteroatoms. The smallest absolute Gasteiger partial charge is 0.231 e. The minimum Gasteiger partial charge on any atom is -0.304 e. The van der Waals surface area contributed by atoms with E-state index in [4.69, 9.17) is 0 Å². The molecule has 0 saturated heterocycles. The van der Waals surface area contributed by atoms with Crippen molar-refractivity contribution in [3.8, 4) is 5.69 Å². The predicted octanol–water partition coefficient (Wildman–Crippen LogP) is 3.07. The van der Waals surface area contributed by atoms with Crippen LogP contribution in [0.3, 0.4) is 0 Å². The second-order valence-corrected chi connectivity index (χ2v) is 9.05. The molecule has 2 aromatic carbocycles. The highest BCUT2D eigenvalue weighted by molar-refractivity contribution is 7.94. The van der Waals surface area contributed by atoms with Crippen molar-refractivity contribution in [3.63, 3.8) is 0 Å². The lowest BCUT2D eigenvalue weighted by Gasteiger charge is -2.28. The second kappa shape index (κ2) is 7.67. The number of hydrogen-bond acceptors (Lipinski definition) is 4. The Morgan fingerprint density at radius 2 is 1.86 bits per heavy atom. The Kier molecular flexibility index (Phi) is 5.07. The fourth-order valence-electron chi connectivity index (χ4n) is 3.39. The molecule has 1 aliphatic heterocycles. The van der Waals surface area contributed by atoms with E-state index in [1.807, 2.05) is 67.7 Å². The molecule has 6 nitrogen and oxygen atoms in total.